The Balaban J connectivity index is 3.42. The molecule has 0 radical (unpaired) electrons. The van der Waals surface area contributed by atoms with Crippen molar-refractivity contribution >= 4 is 31.3 Å². The zero-order chi connectivity index (χ0) is 10.8. The summed E-state index contributed by atoms with van der Waals surface area (Å²) in [6, 6.07) is 7.09. The van der Waals surface area contributed by atoms with Crippen LogP contribution < -0.4 is 0 Å². The Hall–Kier alpha value is -0.860. The fraction of sp³-hybridized carbons (Fsp3) is 0.222. The predicted molar refractivity (Wildman–Crippen MR) is 60.9 cm³/mol. The zero-order valence-corrected chi connectivity index (χ0v) is 10.2. The summed E-state index contributed by atoms with van der Waals surface area (Å²) in [5, 5.41) is 8.79. The van der Waals surface area contributed by atoms with Crippen LogP contribution in [-0.2, 0) is 9.73 Å². The number of hydrogen-bond donors (Lipinski definition) is 0. The van der Waals surface area contributed by atoms with Crippen LogP contribution in [0.2, 0.25) is 0 Å². The minimum Gasteiger partial charge on any atom is -0.250 e. The van der Waals surface area contributed by atoms with Gasteiger partial charge in [-0.3, -0.25) is 0 Å². The first-order valence-corrected chi connectivity index (χ1v) is 6.91. The van der Waals surface area contributed by atoms with Gasteiger partial charge in [0.15, 0.2) is 0 Å². The summed E-state index contributed by atoms with van der Waals surface area (Å²) < 4.78 is 16.3. The lowest BCUT2D eigenvalue weighted by Crippen LogP contribution is -1.90. The maximum absolute atomic E-state index is 11.4. The predicted octanol–water partition coefficient (Wildman–Crippen LogP) is 2.68. The summed E-state index contributed by atoms with van der Waals surface area (Å²) in [4.78, 5) is 0. The lowest BCUT2D eigenvalue weighted by atomic mass is 10.2. The second kappa shape index (κ2) is 4.11. The number of halogens is 1. The molecule has 1 aromatic rings. The average molecular weight is 273 g/mol. The highest BCUT2D eigenvalue weighted by atomic mass is 79.9. The van der Waals surface area contributed by atoms with Crippen molar-refractivity contribution in [1.82, 2.24) is 0 Å². The van der Waals surface area contributed by atoms with Crippen LogP contribution in [0.5, 0.6) is 0 Å². The standard InChI is InChI=1S/C9H9BrN2OS/c1-14(2,13)12-9-5-8(10)4-3-7(9)6-11/h3-5H,1-2H3. The third-order valence-corrected chi connectivity index (χ3v) is 2.53. The lowest BCUT2D eigenvalue weighted by molar-refractivity contribution is 0.684. The summed E-state index contributed by atoms with van der Waals surface area (Å²) in [6.07, 6.45) is 3.07. The summed E-state index contributed by atoms with van der Waals surface area (Å²) >= 11 is 3.27. The van der Waals surface area contributed by atoms with Gasteiger partial charge in [0.1, 0.15) is 6.07 Å². The summed E-state index contributed by atoms with van der Waals surface area (Å²) in [7, 11) is -2.22. The minimum atomic E-state index is -2.22. The van der Waals surface area contributed by atoms with Gasteiger partial charge < -0.3 is 0 Å². The molecule has 5 heteroatoms. The Morgan fingerprint density at radius 1 is 1.50 bits per heavy atom. The molecule has 0 saturated carbocycles. The van der Waals surface area contributed by atoms with Crippen molar-refractivity contribution in [2.75, 3.05) is 12.5 Å². The van der Waals surface area contributed by atoms with Gasteiger partial charge in [-0.25, -0.2) is 4.21 Å². The van der Waals surface area contributed by atoms with Crippen LogP contribution in [0.15, 0.2) is 27.0 Å². The van der Waals surface area contributed by atoms with Crippen LogP contribution in [0.3, 0.4) is 0 Å². The van der Waals surface area contributed by atoms with E-state index in [1.54, 1.807) is 18.2 Å². The second-order valence-corrected chi connectivity index (χ2v) is 6.51. The molecule has 0 fully saturated rings. The quantitative estimate of drug-likeness (QED) is 0.789. The average Bonchev–Trinajstić information content (AvgIpc) is 2.01. The topological polar surface area (TPSA) is 53.2 Å². The van der Waals surface area contributed by atoms with Crippen molar-refractivity contribution < 1.29 is 4.21 Å². The van der Waals surface area contributed by atoms with E-state index in [9.17, 15) is 4.21 Å². The molecule has 0 aliphatic carbocycles. The minimum absolute atomic E-state index is 0.435. The smallest absolute Gasteiger partial charge is 0.101 e. The van der Waals surface area contributed by atoms with Crippen molar-refractivity contribution in [2.24, 2.45) is 4.36 Å². The Morgan fingerprint density at radius 3 is 2.64 bits per heavy atom. The summed E-state index contributed by atoms with van der Waals surface area (Å²) in [6.45, 7) is 0. The van der Waals surface area contributed by atoms with Crippen molar-refractivity contribution in [3.05, 3.63) is 28.2 Å². The Labute approximate surface area is 92.1 Å². The molecule has 0 spiro atoms. The van der Waals surface area contributed by atoms with Gasteiger partial charge in [-0.15, -0.1) is 0 Å². The monoisotopic (exact) mass is 272 g/mol. The van der Waals surface area contributed by atoms with Crippen LogP contribution in [-0.4, -0.2) is 16.7 Å². The number of benzene rings is 1. The first-order chi connectivity index (χ1) is 6.42. The molecular weight excluding hydrogens is 264 g/mol. The fourth-order valence-electron chi connectivity index (χ4n) is 0.912. The number of nitriles is 1. The van der Waals surface area contributed by atoms with Gasteiger partial charge in [-0.2, -0.15) is 9.62 Å². The molecule has 0 heterocycles. The van der Waals surface area contributed by atoms with E-state index in [1.165, 1.54) is 12.5 Å². The van der Waals surface area contributed by atoms with E-state index >= 15 is 0 Å². The molecule has 0 saturated heterocycles. The molecular formula is C9H9BrN2OS. The van der Waals surface area contributed by atoms with Gasteiger partial charge in [0, 0.05) is 26.7 Å². The molecule has 0 N–H and O–H groups in total. The van der Waals surface area contributed by atoms with E-state index in [4.69, 9.17) is 5.26 Å². The molecule has 74 valence electrons. The molecule has 0 aromatic heterocycles. The third-order valence-electron chi connectivity index (χ3n) is 1.40. The third kappa shape index (κ3) is 3.13. The first kappa shape index (κ1) is 11.2. The van der Waals surface area contributed by atoms with Crippen molar-refractivity contribution in [1.29, 1.82) is 5.26 Å². The molecule has 0 atom stereocenters. The maximum atomic E-state index is 11.4. The number of hydrogen-bond acceptors (Lipinski definition) is 3. The van der Waals surface area contributed by atoms with Gasteiger partial charge in [0.2, 0.25) is 0 Å². The van der Waals surface area contributed by atoms with Gasteiger partial charge in [0.25, 0.3) is 0 Å². The Bertz CT molecular complexity index is 502. The highest BCUT2D eigenvalue weighted by Crippen LogP contribution is 2.24. The van der Waals surface area contributed by atoms with Gasteiger partial charge in [-0.1, -0.05) is 15.9 Å². The lowest BCUT2D eigenvalue weighted by Gasteiger charge is -2.00. The molecule has 0 amide bonds. The normalized spacial score (nSPS) is 10.7. The van der Waals surface area contributed by atoms with Crippen molar-refractivity contribution in [3.63, 3.8) is 0 Å². The van der Waals surface area contributed by atoms with Crippen LogP contribution in [0.25, 0.3) is 0 Å². The molecule has 0 aliphatic heterocycles. The van der Waals surface area contributed by atoms with Crippen molar-refractivity contribution in [3.8, 4) is 6.07 Å². The molecule has 3 nitrogen and oxygen atoms in total. The van der Waals surface area contributed by atoms with E-state index in [0.717, 1.165) is 4.47 Å². The van der Waals surface area contributed by atoms with E-state index in [-0.39, 0.29) is 0 Å². The highest BCUT2D eigenvalue weighted by molar-refractivity contribution is 9.10. The summed E-state index contributed by atoms with van der Waals surface area (Å²) in [5.74, 6) is 0. The van der Waals surface area contributed by atoms with Crippen LogP contribution in [0.4, 0.5) is 5.69 Å². The largest absolute Gasteiger partial charge is 0.250 e. The molecule has 14 heavy (non-hydrogen) atoms. The first-order valence-electron chi connectivity index (χ1n) is 3.79. The number of rotatable bonds is 1. The van der Waals surface area contributed by atoms with E-state index in [1.807, 2.05) is 6.07 Å². The van der Waals surface area contributed by atoms with Crippen LogP contribution in [0, 0.1) is 11.3 Å². The van der Waals surface area contributed by atoms with E-state index in [0.29, 0.717) is 11.3 Å². The molecule has 0 unspecified atom stereocenters. The molecule has 1 rings (SSSR count). The van der Waals surface area contributed by atoms with Gasteiger partial charge >= 0.3 is 0 Å². The van der Waals surface area contributed by atoms with E-state index < -0.39 is 9.73 Å². The molecule has 1 aromatic carbocycles. The molecule has 0 bridgehead atoms. The van der Waals surface area contributed by atoms with Crippen LogP contribution >= 0.6 is 15.9 Å². The maximum Gasteiger partial charge on any atom is 0.101 e. The van der Waals surface area contributed by atoms with E-state index in [2.05, 4.69) is 20.3 Å². The van der Waals surface area contributed by atoms with Crippen molar-refractivity contribution in [2.45, 2.75) is 0 Å². The fourth-order valence-corrected chi connectivity index (χ4v) is 1.89. The Kier molecular flexibility index (Phi) is 3.29. The highest BCUT2D eigenvalue weighted by Gasteiger charge is 2.02. The summed E-state index contributed by atoms with van der Waals surface area (Å²) in [5.41, 5.74) is 0.904. The van der Waals surface area contributed by atoms with Crippen LogP contribution in [0.1, 0.15) is 5.56 Å². The zero-order valence-electron chi connectivity index (χ0n) is 7.82. The van der Waals surface area contributed by atoms with Gasteiger partial charge in [-0.05, 0) is 18.2 Å². The Morgan fingerprint density at radius 2 is 2.14 bits per heavy atom. The van der Waals surface area contributed by atoms with Gasteiger partial charge in [0.05, 0.1) is 11.3 Å². The second-order valence-electron chi connectivity index (χ2n) is 3.05. The molecule has 0 aliphatic rings. The number of nitrogens with zero attached hydrogens (tertiary/aromatic N) is 2. The SMILES string of the molecule is CS(C)(=O)=Nc1cc(Br)ccc1C#N.